The Bertz CT molecular complexity index is 508. The van der Waals surface area contributed by atoms with Gasteiger partial charge in [-0.2, -0.15) is 11.8 Å². The van der Waals surface area contributed by atoms with Gasteiger partial charge < -0.3 is 9.94 Å². The van der Waals surface area contributed by atoms with Gasteiger partial charge in [-0.15, -0.1) is 0 Å². The number of hydrogen-bond acceptors (Lipinski definition) is 5. The van der Waals surface area contributed by atoms with E-state index in [1.165, 1.54) is 5.57 Å². The van der Waals surface area contributed by atoms with Crippen LogP contribution in [0, 0.1) is 5.92 Å². The molecule has 0 saturated heterocycles. The lowest BCUT2D eigenvalue weighted by Crippen LogP contribution is -2.26. The SMILES string of the molecule is CCCC(=NOCC)C1=C(O)CC(C2=CCCSC2)CC1=O. The molecule has 0 aromatic heterocycles. The van der Waals surface area contributed by atoms with Gasteiger partial charge in [0.05, 0.1) is 11.3 Å². The Morgan fingerprint density at radius 2 is 2.27 bits per heavy atom. The summed E-state index contributed by atoms with van der Waals surface area (Å²) in [5, 5.41) is 14.5. The second kappa shape index (κ2) is 8.42. The molecule has 1 atom stereocenters. The zero-order chi connectivity index (χ0) is 15.9. The summed E-state index contributed by atoms with van der Waals surface area (Å²) in [7, 11) is 0. The maximum Gasteiger partial charge on any atom is 0.168 e. The van der Waals surface area contributed by atoms with Crippen LogP contribution in [0.2, 0.25) is 0 Å². The van der Waals surface area contributed by atoms with Crippen molar-refractivity contribution in [2.24, 2.45) is 11.1 Å². The van der Waals surface area contributed by atoms with Crippen LogP contribution in [0.3, 0.4) is 0 Å². The van der Waals surface area contributed by atoms with Gasteiger partial charge >= 0.3 is 0 Å². The Morgan fingerprint density at radius 1 is 1.45 bits per heavy atom. The van der Waals surface area contributed by atoms with Crippen molar-refractivity contribution >= 4 is 23.3 Å². The van der Waals surface area contributed by atoms with E-state index in [4.69, 9.17) is 4.84 Å². The lowest BCUT2D eigenvalue weighted by Gasteiger charge is -2.27. The summed E-state index contributed by atoms with van der Waals surface area (Å²) in [5.41, 5.74) is 2.31. The molecular formula is C17H25NO3S. The molecule has 22 heavy (non-hydrogen) atoms. The molecule has 2 aliphatic rings. The molecule has 5 heteroatoms. The van der Waals surface area contributed by atoms with Crippen molar-refractivity contribution in [1.82, 2.24) is 0 Å². The third-order valence-corrected chi connectivity index (χ3v) is 5.04. The van der Waals surface area contributed by atoms with Crippen LogP contribution < -0.4 is 0 Å². The molecule has 1 heterocycles. The van der Waals surface area contributed by atoms with E-state index in [1.807, 2.05) is 25.6 Å². The van der Waals surface area contributed by atoms with E-state index in [0.717, 1.165) is 24.3 Å². The predicted molar refractivity (Wildman–Crippen MR) is 91.4 cm³/mol. The average Bonchev–Trinajstić information content (AvgIpc) is 2.52. The van der Waals surface area contributed by atoms with Gasteiger partial charge in [0.1, 0.15) is 12.4 Å². The number of nitrogens with zero attached hydrogens (tertiary/aromatic N) is 1. The van der Waals surface area contributed by atoms with E-state index in [0.29, 0.717) is 37.2 Å². The highest BCUT2D eigenvalue weighted by Crippen LogP contribution is 2.35. The van der Waals surface area contributed by atoms with Gasteiger partial charge in [0, 0.05) is 18.6 Å². The van der Waals surface area contributed by atoms with Crippen molar-refractivity contribution in [3.63, 3.8) is 0 Å². The molecule has 0 aromatic carbocycles. The topological polar surface area (TPSA) is 58.9 Å². The Hall–Kier alpha value is -1.23. The molecule has 0 saturated carbocycles. The third kappa shape index (κ3) is 4.15. The summed E-state index contributed by atoms with van der Waals surface area (Å²) < 4.78 is 0. The number of ketones is 1. The molecule has 1 aliphatic heterocycles. The number of carbonyl (C=O) groups is 1. The van der Waals surface area contributed by atoms with Crippen LogP contribution in [0.15, 0.2) is 28.1 Å². The monoisotopic (exact) mass is 323 g/mol. The van der Waals surface area contributed by atoms with Gasteiger partial charge in [-0.25, -0.2) is 0 Å². The molecule has 2 rings (SSSR count). The highest BCUT2D eigenvalue weighted by Gasteiger charge is 2.32. The highest BCUT2D eigenvalue weighted by atomic mass is 32.2. The first-order chi connectivity index (χ1) is 10.7. The fraction of sp³-hybridized carbons (Fsp3) is 0.647. The second-order valence-corrected chi connectivity index (χ2v) is 6.78. The molecule has 1 unspecified atom stereocenters. The number of aliphatic hydroxyl groups excluding tert-OH is 1. The van der Waals surface area contributed by atoms with Crippen LogP contribution >= 0.6 is 11.8 Å². The predicted octanol–water partition coefficient (Wildman–Crippen LogP) is 4.03. The first-order valence-corrected chi connectivity index (χ1v) is 9.24. The van der Waals surface area contributed by atoms with Gasteiger partial charge in [0.25, 0.3) is 0 Å². The molecule has 1 aliphatic carbocycles. The first kappa shape index (κ1) is 17.1. The van der Waals surface area contributed by atoms with Gasteiger partial charge in [-0.05, 0) is 31.4 Å². The molecule has 4 nitrogen and oxygen atoms in total. The fourth-order valence-electron chi connectivity index (χ4n) is 2.94. The molecule has 0 spiro atoms. The Labute approximate surface area is 136 Å². The van der Waals surface area contributed by atoms with Crippen molar-refractivity contribution in [3.05, 3.63) is 23.0 Å². The molecule has 0 bridgehead atoms. The number of oxime groups is 1. The molecular weight excluding hydrogens is 298 g/mol. The van der Waals surface area contributed by atoms with Crippen LogP contribution in [-0.2, 0) is 9.63 Å². The summed E-state index contributed by atoms with van der Waals surface area (Å²) in [4.78, 5) is 17.7. The van der Waals surface area contributed by atoms with E-state index >= 15 is 0 Å². The van der Waals surface area contributed by atoms with E-state index < -0.39 is 0 Å². The third-order valence-electron chi connectivity index (χ3n) is 3.98. The minimum atomic E-state index is -0.00266. The molecule has 0 radical (unpaired) electrons. The van der Waals surface area contributed by atoms with E-state index in [1.54, 1.807) is 0 Å². The van der Waals surface area contributed by atoms with Crippen LogP contribution in [0.25, 0.3) is 0 Å². The zero-order valence-electron chi connectivity index (χ0n) is 13.4. The van der Waals surface area contributed by atoms with Crippen LogP contribution in [-0.4, -0.2) is 34.7 Å². The van der Waals surface area contributed by atoms with E-state index in [2.05, 4.69) is 11.2 Å². The van der Waals surface area contributed by atoms with E-state index in [-0.39, 0.29) is 17.5 Å². The summed E-state index contributed by atoms with van der Waals surface area (Å²) >= 11 is 1.90. The van der Waals surface area contributed by atoms with E-state index in [9.17, 15) is 9.90 Å². The summed E-state index contributed by atoms with van der Waals surface area (Å²) in [6.07, 6.45) is 5.83. The minimum absolute atomic E-state index is 0.00266. The van der Waals surface area contributed by atoms with Crippen molar-refractivity contribution in [1.29, 1.82) is 0 Å². The van der Waals surface area contributed by atoms with Crippen LogP contribution in [0.4, 0.5) is 0 Å². The molecule has 0 aromatic rings. The first-order valence-electron chi connectivity index (χ1n) is 8.08. The largest absolute Gasteiger partial charge is 0.511 e. The molecule has 0 fully saturated rings. The van der Waals surface area contributed by atoms with Crippen LogP contribution in [0.5, 0.6) is 0 Å². The number of hydrogen-bond donors (Lipinski definition) is 1. The maximum absolute atomic E-state index is 12.5. The molecule has 1 N–H and O–H groups in total. The highest BCUT2D eigenvalue weighted by molar-refractivity contribution is 7.99. The molecule has 0 amide bonds. The number of aliphatic hydroxyl groups is 1. The van der Waals surface area contributed by atoms with Gasteiger partial charge in [-0.1, -0.05) is 30.1 Å². The standard InChI is InChI=1S/C17H25NO3S/c1-3-6-14(18-21-4-2)17-15(19)9-13(10-16(17)20)12-7-5-8-22-11-12/h7,13,19H,3-6,8-11H2,1-2H3. The van der Waals surface area contributed by atoms with Gasteiger partial charge in [-0.3, -0.25) is 4.79 Å². The zero-order valence-corrected chi connectivity index (χ0v) is 14.2. The summed E-state index contributed by atoms with van der Waals surface area (Å²) in [6.45, 7) is 4.34. The van der Waals surface area contributed by atoms with Crippen molar-refractivity contribution < 1.29 is 14.7 Å². The average molecular weight is 323 g/mol. The number of rotatable bonds is 6. The fourth-order valence-corrected chi connectivity index (χ4v) is 3.96. The smallest absolute Gasteiger partial charge is 0.168 e. The maximum atomic E-state index is 12.5. The number of Topliss-reactive ketones (excluding diaryl/α,β-unsaturated/α-hetero) is 1. The number of allylic oxidation sites excluding steroid dienone is 3. The molecule has 122 valence electrons. The van der Waals surface area contributed by atoms with Crippen molar-refractivity contribution in [2.45, 2.75) is 46.0 Å². The summed E-state index contributed by atoms with van der Waals surface area (Å²) in [5.74, 6) is 2.47. The van der Waals surface area contributed by atoms with Gasteiger partial charge in [0.15, 0.2) is 5.78 Å². The normalized spacial score (nSPS) is 23.5. The van der Waals surface area contributed by atoms with Gasteiger partial charge in [0.2, 0.25) is 0 Å². The van der Waals surface area contributed by atoms with Crippen LogP contribution in [0.1, 0.15) is 46.0 Å². The second-order valence-electron chi connectivity index (χ2n) is 5.68. The number of carbonyl (C=O) groups excluding carboxylic acids is 1. The lowest BCUT2D eigenvalue weighted by molar-refractivity contribution is -0.116. The number of thioether (sulfide) groups is 1. The minimum Gasteiger partial charge on any atom is -0.511 e. The van der Waals surface area contributed by atoms with Crippen molar-refractivity contribution in [2.75, 3.05) is 18.1 Å². The summed E-state index contributed by atoms with van der Waals surface area (Å²) in [6, 6.07) is 0. The lowest BCUT2D eigenvalue weighted by atomic mass is 9.80. The Balaban J connectivity index is 2.21. The quantitative estimate of drug-likeness (QED) is 0.455. The Morgan fingerprint density at radius 3 is 2.86 bits per heavy atom. The Kier molecular flexibility index (Phi) is 6.55. The van der Waals surface area contributed by atoms with Crippen molar-refractivity contribution in [3.8, 4) is 0 Å².